The number of nitriles is 2. The van der Waals surface area contributed by atoms with Crippen LogP contribution in [0, 0.1) is 22.7 Å². The summed E-state index contributed by atoms with van der Waals surface area (Å²) < 4.78 is 4.66. The Morgan fingerprint density at radius 3 is 1.65 bits per heavy atom. The van der Waals surface area contributed by atoms with Crippen LogP contribution in [0.25, 0.3) is 93.0 Å². The Morgan fingerprint density at radius 1 is 0.444 bits per heavy atom. The first-order valence-corrected chi connectivity index (χ1v) is 18.3. The highest BCUT2D eigenvalue weighted by Crippen LogP contribution is 2.43. The minimum absolute atomic E-state index is 0.527. The van der Waals surface area contributed by atoms with Crippen molar-refractivity contribution in [2.24, 2.45) is 0 Å². The lowest BCUT2D eigenvalue weighted by molar-refractivity contribution is 1.06. The number of benzene rings is 7. The van der Waals surface area contributed by atoms with Crippen molar-refractivity contribution in [2.45, 2.75) is 0 Å². The molecule has 0 aliphatic rings. The van der Waals surface area contributed by atoms with Gasteiger partial charge in [0.2, 0.25) is 0 Å². The molecule has 250 valence electrons. The van der Waals surface area contributed by atoms with Crippen LogP contribution in [0.2, 0.25) is 0 Å². The average molecular weight is 707 g/mol. The molecular weight excluding hydrogens is 681 g/mol. The predicted molar refractivity (Wildman–Crippen MR) is 218 cm³/mol. The number of fused-ring (bicyclic) bond motifs is 6. The summed E-state index contributed by atoms with van der Waals surface area (Å²) in [6.45, 7) is 0. The number of rotatable bonds is 5. The largest absolute Gasteiger partial charge is 0.308 e. The molecule has 0 N–H and O–H groups in total. The van der Waals surface area contributed by atoms with Gasteiger partial charge in [-0.1, -0.05) is 97.1 Å². The molecule has 0 saturated heterocycles. The van der Waals surface area contributed by atoms with Gasteiger partial charge in [-0.15, -0.1) is 11.3 Å². The molecule has 10 aromatic rings. The van der Waals surface area contributed by atoms with Crippen LogP contribution >= 0.6 is 11.3 Å². The third kappa shape index (κ3) is 5.11. The van der Waals surface area contributed by atoms with E-state index in [9.17, 15) is 10.5 Å². The van der Waals surface area contributed by atoms with Gasteiger partial charge in [-0.2, -0.15) is 10.5 Å². The molecule has 0 spiro atoms. The summed E-state index contributed by atoms with van der Waals surface area (Å²) in [5.74, 6) is 1.67. The molecule has 3 heterocycles. The fraction of sp³-hybridized carbons (Fsp3) is 0. The highest BCUT2D eigenvalue weighted by Gasteiger charge is 2.22. The summed E-state index contributed by atoms with van der Waals surface area (Å²) in [5.41, 5.74) is 8.50. The van der Waals surface area contributed by atoms with Crippen molar-refractivity contribution in [3.63, 3.8) is 0 Å². The Balaban J connectivity index is 1.31. The third-order valence-corrected chi connectivity index (χ3v) is 11.1. The fourth-order valence-electron chi connectivity index (χ4n) is 7.44. The number of hydrogen-bond donors (Lipinski definition) is 0. The molecule has 0 aliphatic heterocycles. The summed E-state index contributed by atoms with van der Waals surface area (Å²) in [7, 11) is 0. The molecule has 6 nitrogen and oxygen atoms in total. The van der Waals surface area contributed by atoms with Crippen LogP contribution in [0.5, 0.6) is 0 Å². The molecule has 3 aromatic heterocycles. The van der Waals surface area contributed by atoms with Crippen molar-refractivity contribution in [3.05, 3.63) is 169 Å². The van der Waals surface area contributed by atoms with Gasteiger partial charge in [-0.05, 0) is 71.8 Å². The van der Waals surface area contributed by atoms with Crippen molar-refractivity contribution in [3.8, 4) is 63.1 Å². The molecule has 0 unspecified atom stereocenters. The van der Waals surface area contributed by atoms with Gasteiger partial charge in [0.05, 0.1) is 40.0 Å². The normalized spacial score (nSPS) is 11.3. The second-order valence-corrected chi connectivity index (χ2v) is 14.2. The molecule has 0 radical (unpaired) electrons. The Hall–Kier alpha value is -7.45. The van der Waals surface area contributed by atoms with Crippen LogP contribution in [0.3, 0.4) is 0 Å². The van der Waals surface area contributed by atoms with Gasteiger partial charge < -0.3 is 4.57 Å². The van der Waals surface area contributed by atoms with E-state index < -0.39 is 0 Å². The molecule has 0 aliphatic carbocycles. The maximum atomic E-state index is 9.86. The van der Waals surface area contributed by atoms with E-state index in [0.717, 1.165) is 55.3 Å². The number of aromatic nitrogens is 4. The minimum Gasteiger partial charge on any atom is -0.308 e. The van der Waals surface area contributed by atoms with E-state index in [1.807, 2.05) is 97.1 Å². The average Bonchev–Trinajstić information content (AvgIpc) is 3.79. The van der Waals surface area contributed by atoms with Gasteiger partial charge in [0.1, 0.15) is 0 Å². The monoisotopic (exact) mass is 706 g/mol. The zero-order valence-electron chi connectivity index (χ0n) is 28.6. The maximum absolute atomic E-state index is 9.86. The second kappa shape index (κ2) is 12.6. The Morgan fingerprint density at radius 2 is 1.02 bits per heavy atom. The van der Waals surface area contributed by atoms with E-state index in [4.69, 9.17) is 15.0 Å². The SMILES string of the molecule is N#Cc1ccc2c(c1)c1cc(C#N)ccc1n2-c1ccc(-c2cccc3sc4ccccc4c23)cc1-c1nc(-c2ccccc2)nc(-c2ccccc2)n1. The molecular formula is C47H26N6S. The molecule has 7 heteroatoms. The molecule has 0 atom stereocenters. The van der Waals surface area contributed by atoms with Crippen molar-refractivity contribution in [1.29, 1.82) is 10.5 Å². The number of thiophene rings is 1. The summed E-state index contributed by atoms with van der Waals surface area (Å²) in [6, 6.07) is 57.5. The first kappa shape index (κ1) is 31.3. The van der Waals surface area contributed by atoms with Crippen LogP contribution in [0.15, 0.2) is 158 Å². The third-order valence-electron chi connectivity index (χ3n) is 9.91. The van der Waals surface area contributed by atoms with Gasteiger partial charge in [0, 0.05) is 47.6 Å². The van der Waals surface area contributed by atoms with E-state index >= 15 is 0 Å². The summed E-state index contributed by atoms with van der Waals surface area (Å²) in [6.07, 6.45) is 0. The number of hydrogen-bond acceptors (Lipinski definition) is 6. The lowest BCUT2D eigenvalue weighted by atomic mass is 9.96. The summed E-state index contributed by atoms with van der Waals surface area (Å²) >= 11 is 1.80. The van der Waals surface area contributed by atoms with E-state index in [-0.39, 0.29) is 0 Å². The lowest BCUT2D eigenvalue weighted by Crippen LogP contribution is -2.04. The summed E-state index contributed by atoms with van der Waals surface area (Å²) in [4.78, 5) is 15.4. The number of nitrogens with zero attached hydrogens (tertiary/aromatic N) is 6. The van der Waals surface area contributed by atoms with Crippen LogP contribution in [0.4, 0.5) is 0 Å². The smallest absolute Gasteiger partial charge is 0.166 e. The topological polar surface area (TPSA) is 91.2 Å². The van der Waals surface area contributed by atoms with Crippen molar-refractivity contribution >= 4 is 53.3 Å². The standard InChI is InChI=1S/C47H26N6S/c48-27-29-18-21-39-36(24-29)37-25-30(28-49)19-22-40(37)53(39)41-23-20-33(34-15-9-17-43-44(34)35-14-7-8-16-42(35)54-43)26-38(41)47-51-45(31-10-3-1-4-11-31)50-46(52-47)32-12-5-2-6-13-32/h1-26H. The van der Waals surface area contributed by atoms with Gasteiger partial charge in [0.25, 0.3) is 0 Å². The maximum Gasteiger partial charge on any atom is 0.166 e. The van der Waals surface area contributed by atoms with Crippen LogP contribution < -0.4 is 0 Å². The fourth-order valence-corrected chi connectivity index (χ4v) is 8.58. The second-order valence-electron chi connectivity index (χ2n) is 13.1. The van der Waals surface area contributed by atoms with E-state index in [1.54, 1.807) is 11.3 Å². The predicted octanol–water partition coefficient (Wildman–Crippen LogP) is 11.7. The Labute approximate surface area is 314 Å². The molecule has 10 rings (SSSR count). The Kier molecular flexibility index (Phi) is 7.33. The Bertz CT molecular complexity index is 3060. The van der Waals surface area contributed by atoms with Gasteiger partial charge in [-0.25, -0.2) is 15.0 Å². The quantitative estimate of drug-likeness (QED) is 0.178. The lowest BCUT2D eigenvalue weighted by Gasteiger charge is -2.17. The minimum atomic E-state index is 0.527. The highest BCUT2D eigenvalue weighted by molar-refractivity contribution is 7.25. The van der Waals surface area contributed by atoms with E-state index in [1.165, 1.54) is 20.2 Å². The van der Waals surface area contributed by atoms with Gasteiger partial charge in [0.15, 0.2) is 17.5 Å². The van der Waals surface area contributed by atoms with Crippen LogP contribution in [-0.4, -0.2) is 19.5 Å². The molecule has 54 heavy (non-hydrogen) atoms. The van der Waals surface area contributed by atoms with Crippen molar-refractivity contribution in [2.75, 3.05) is 0 Å². The highest BCUT2D eigenvalue weighted by atomic mass is 32.1. The molecule has 7 aromatic carbocycles. The molecule has 0 fully saturated rings. The van der Waals surface area contributed by atoms with Crippen LogP contribution in [0.1, 0.15) is 11.1 Å². The van der Waals surface area contributed by atoms with Crippen LogP contribution in [-0.2, 0) is 0 Å². The molecule has 0 saturated carbocycles. The van der Waals surface area contributed by atoms with Crippen molar-refractivity contribution in [1.82, 2.24) is 19.5 Å². The van der Waals surface area contributed by atoms with Gasteiger partial charge in [-0.3, -0.25) is 0 Å². The van der Waals surface area contributed by atoms with Gasteiger partial charge >= 0.3 is 0 Å². The van der Waals surface area contributed by atoms with Crippen molar-refractivity contribution < 1.29 is 0 Å². The first-order chi connectivity index (χ1) is 26.7. The molecule has 0 bridgehead atoms. The molecule has 0 amide bonds. The zero-order chi connectivity index (χ0) is 36.2. The zero-order valence-corrected chi connectivity index (χ0v) is 29.4. The van der Waals surface area contributed by atoms with E-state index in [2.05, 4.69) is 77.4 Å². The van der Waals surface area contributed by atoms with E-state index in [0.29, 0.717) is 28.6 Å². The first-order valence-electron chi connectivity index (χ1n) is 17.5. The summed E-state index contributed by atoms with van der Waals surface area (Å²) in [5, 5.41) is 23.9.